The summed E-state index contributed by atoms with van der Waals surface area (Å²) in [7, 11) is 2.15. The first-order valence-electron chi connectivity index (χ1n) is 7.89. The standard InChI is InChI=1S/C21H19B/c1-21(2)19-9-4-3-8-17(19)18-11-10-15(13-20(18)21)14-6-5-7-16(22)12-14/h3-13H,22H2,1-2H3. The molecule has 1 heteroatoms. The summed E-state index contributed by atoms with van der Waals surface area (Å²) in [5.74, 6) is 0. The van der Waals surface area contributed by atoms with Crippen molar-refractivity contribution < 1.29 is 0 Å². The highest BCUT2D eigenvalue weighted by Gasteiger charge is 2.35. The van der Waals surface area contributed by atoms with Crippen LogP contribution >= 0.6 is 0 Å². The molecule has 0 saturated heterocycles. The fourth-order valence-electron chi connectivity index (χ4n) is 3.71. The van der Waals surface area contributed by atoms with Gasteiger partial charge < -0.3 is 0 Å². The van der Waals surface area contributed by atoms with Crippen LogP contribution in [0.15, 0.2) is 66.7 Å². The molecule has 0 bridgehead atoms. The van der Waals surface area contributed by atoms with E-state index in [0.29, 0.717) is 0 Å². The van der Waals surface area contributed by atoms with E-state index in [4.69, 9.17) is 0 Å². The second-order valence-electron chi connectivity index (χ2n) is 6.80. The Labute approximate surface area is 133 Å². The Morgan fingerprint density at radius 1 is 0.682 bits per heavy atom. The molecule has 0 unspecified atom stereocenters. The Hall–Kier alpha value is -2.28. The molecule has 106 valence electrons. The Balaban J connectivity index is 1.92. The van der Waals surface area contributed by atoms with E-state index in [2.05, 4.69) is 88.4 Å². The van der Waals surface area contributed by atoms with Crippen LogP contribution in [0.3, 0.4) is 0 Å². The lowest BCUT2D eigenvalue weighted by Crippen LogP contribution is -2.14. The third kappa shape index (κ3) is 1.85. The zero-order chi connectivity index (χ0) is 15.3. The zero-order valence-corrected chi connectivity index (χ0v) is 13.4. The van der Waals surface area contributed by atoms with Gasteiger partial charge in [0, 0.05) is 5.41 Å². The van der Waals surface area contributed by atoms with E-state index >= 15 is 0 Å². The summed E-state index contributed by atoms with van der Waals surface area (Å²) in [6, 6.07) is 24.5. The van der Waals surface area contributed by atoms with E-state index < -0.39 is 0 Å². The van der Waals surface area contributed by atoms with Crippen LogP contribution in [0.5, 0.6) is 0 Å². The third-order valence-corrected chi connectivity index (χ3v) is 4.93. The van der Waals surface area contributed by atoms with Crippen molar-refractivity contribution in [3.05, 3.63) is 77.9 Å². The van der Waals surface area contributed by atoms with E-state index in [1.165, 1.54) is 38.8 Å². The summed E-state index contributed by atoms with van der Waals surface area (Å²) in [5, 5.41) is 0. The predicted molar refractivity (Wildman–Crippen MR) is 97.6 cm³/mol. The van der Waals surface area contributed by atoms with Crippen molar-refractivity contribution in [2.24, 2.45) is 0 Å². The fraction of sp³-hybridized carbons (Fsp3) is 0.143. The molecular weight excluding hydrogens is 263 g/mol. The van der Waals surface area contributed by atoms with Crippen molar-refractivity contribution in [3.63, 3.8) is 0 Å². The molecule has 3 aromatic carbocycles. The summed E-state index contributed by atoms with van der Waals surface area (Å²) in [4.78, 5) is 0. The zero-order valence-electron chi connectivity index (χ0n) is 13.4. The highest BCUT2D eigenvalue weighted by atomic mass is 14.4. The Kier molecular flexibility index (Phi) is 2.81. The summed E-state index contributed by atoms with van der Waals surface area (Å²) in [5.41, 5.74) is 9.64. The van der Waals surface area contributed by atoms with Gasteiger partial charge in [-0.05, 0) is 39.4 Å². The molecule has 0 aliphatic heterocycles. The van der Waals surface area contributed by atoms with Crippen LogP contribution in [0, 0.1) is 0 Å². The maximum absolute atomic E-state index is 2.38. The van der Waals surface area contributed by atoms with Crippen LogP contribution < -0.4 is 5.46 Å². The van der Waals surface area contributed by atoms with Crippen molar-refractivity contribution in [1.82, 2.24) is 0 Å². The van der Waals surface area contributed by atoms with Crippen molar-refractivity contribution in [2.75, 3.05) is 0 Å². The van der Waals surface area contributed by atoms with Crippen LogP contribution in [0.2, 0.25) is 0 Å². The lowest BCUT2D eigenvalue weighted by molar-refractivity contribution is 0.660. The molecule has 0 atom stereocenters. The Morgan fingerprint density at radius 2 is 1.41 bits per heavy atom. The van der Waals surface area contributed by atoms with Crippen molar-refractivity contribution >= 4 is 13.3 Å². The van der Waals surface area contributed by atoms with E-state index in [1.807, 2.05) is 0 Å². The first-order chi connectivity index (χ1) is 10.6. The minimum atomic E-state index is 0.0752. The second-order valence-corrected chi connectivity index (χ2v) is 6.80. The van der Waals surface area contributed by atoms with E-state index in [0.717, 1.165) is 0 Å². The van der Waals surface area contributed by atoms with Crippen LogP contribution in [0.4, 0.5) is 0 Å². The maximum atomic E-state index is 2.38. The van der Waals surface area contributed by atoms with Crippen LogP contribution in [0.25, 0.3) is 22.3 Å². The fourth-order valence-corrected chi connectivity index (χ4v) is 3.71. The molecule has 0 N–H and O–H groups in total. The van der Waals surface area contributed by atoms with Gasteiger partial charge in [0.2, 0.25) is 0 Å². The molecule has 1 aliphatic rings. The molecule has 0 radical (unpaired) electrons. The molecule has 1 aliphatic carbocycles. The van der Waals surface area contributed by atoms with E-state index in [-0.39, 0.29) is 5.41 Å². The van der Waals surface area contributed by atoms with Crippen molar-refractivity contribution in [3.8, 4) is 22.3 Å². The first-order valence-corrected chi connectivity index (χ1v) is 7.89. The van der Waals surface area contributed by atoms with Crippen LogP contribution in [-0.2, 0) is 5.41 Å². The lowest BCUT2D eigenvalue weighted by Gasteiger charge is -2.22. The second kappa shape index (κ2) is 4.61. The molecule has 0 fully saturated rings. The van der Waals surface area contributed by atoms with Gasteiger partial charge in [-0.25, -0.2) is 0 Å². The summed E-state index contributed by atoms with van der Waals surface area (Å²) < 4.78 is 0. The largest absolute Gasteiger partial charge is 0.139 e. The normalized spacial score (nSPS) is 14.5. The topological polar surface area (TPSA) is 0 Å². The van der Waals surface area contributed by atoms with Gasteiger partial charge in [0.25, 0.3) is 0 Å². The predicted octanol–water partition coefficient (Wildman–Crippen LogP) is 3.92. The molecule has 0 saturated carbocycles. The van der Waals surface area contributed by atoms with Gasteiger partial charge in [0.15, 0.2) is 0 Å². The van der Waals surface area contributed by atoms with Gasteiger partial charge in [-0.1, -0.05) is 80.0 Å². The molecule has 0 heterocycles. The van der Waals surface area contributed by atoms with Crippen LogP contribution in [-0.4, -0.2) is 7.85 Å². The van der Waals surface area contributed by atoms with E-state index in [1.54, 1.807) is 0 Å². The molecule has 22 heavy (non-hydrogen) atoms. The van der Waals surface area contributed by atoms with E-state index in [9.17, 15) is 0 Å². The molecule has 0 spiro atoms. The Morgan fingerprint density at radius 3 is 2.23 bits per heavy atom. The SMILES string of the molecule is Bc1cccc(-c2ccc3c(c2)C(C)(C)c2ccccc2-3)c1. The van der Waals surface area contributed by atoms with Crippen molar-refractivity contribution in [2.45, 2.75) is 19.3 Å². The average Bonchev–Trinajstić information content (AvgIpc) is 2.76. The number of benzene rings is 3. The molecule has 3 aromatic rings. The molecule has 0 amide bonds. The number of fused-ring (bicyclic) bond motifs is 3. The minimum absolute atomic E-state index is 0.0752. The van der Waals surface area contributed by atoms with Gasteiger partial charge in [0.05, 0.1) is 0 Å². The van der Waals surface area contributed by atoms with Gasteiger partial charge in [0.1, 0.15) is 7.85 Å². The number of hydrogen-bond acceptors (Lipinski definition) is 0. The number of rotatable bonds is 1. The smallest absolute Gasteiger partial charge is 0.0884 e. The minimum Gasteiger partial charge on any atom is -0.0884 e. The van der Waals surface area contributed by atoms with Crippen LogP contribution in [0.1, 0.15) is 25.0 Å². The lowest BCUT2D eigenvalue weighted by atomic mass is 9.81. The molecule has 4 rings (SSSR count). The monoisotopic (exact) mass is 282 g/mol. The van der Waals surface area contributed by atoms with Gasteiger partial charge in [-0.2, -0.15) is 0 Å². The first kappa shape index (κ1) is 13.4. The number of hydrogen-bond donors (Lipinski definition) is 0. The average molecular weight is 282 g/mol. The highest BCUT2D eigenvalue weighted by Crippen LogP contribution is 2.49. The van der Waals surface area contributed by atoms with Gasteiger partial charge in [-0.15, -0.1) is 0 Å². The summed E-state index contributed by atoms with van der Waals surface area (Å²) >= 11 is 0. The van der Waals surface area contributed by atoms with Gasteiger partial charge in [-0.3, -0.25) is 0 Å². The maximum Gasteiger partial charge on any atom is 0.139 e. The molecule has 0 aromatic heterocycles. The quantitative estimate of drug-likeness (QED) is 0.593. The Bertz CT molecular complexity index is 875. The summed E-state index contributed by atoms with van der Waals surface area (Å²) in [6.45, 7) is 4.66. The third-order valence-electron chi connectivity index (χ3n) is 4.93. The molecule has 0 nitrogen and oxygen atoms in total. The highest BCUT2D eigenvalue weighted by molar-refractivity contribution is 6.32. The van der Waals surface area contributed by atoms with Gasteiger partial charge >= 0.3 is 0 Å². The van der Waals surface area contributed by atoms with Crippen molar-refractivity contribution in [1.29, 1.82) is 0 Å². The molecular formula is C21H19B. The summed E-state index contributed by atoms with van der Waals surface area (Å²) in [6.07, 6.45) is 0.